The fourth-order valence-electron chi connectivity index (χ4n) is 4.37. The Hall–Kier alpha value is -4.33. The molecule has 1 aliphatic heterocycles. The van der Waals surface area contributed by atoms with Crippen molar-refractivity contribution in [2.24, 2.45) is 0 Å². The third-order valence-corrected chi connectivity index (χ3v) is 6.21. The minimum absolute atomic E-state index is 0.294. The molecule has 0 saturated carbocycles. The van der Waals surface area contributed by atoms with Gasteiger partial charge in [0.05, 0.1) is 14.2 Å². The molecule has 0 spiro atoms. The molecule has 35 heavy (non-hydrogen) atoms. The summed E-state index contributed by atoms with van der Waals surface area (Å²) >= 11 is 0. The Kier molecular flexibility index (Phi) is 6.34. The van der Waals surface area contributed by atoms with Gasteiger partial charge in [-0.3, -0.25) is 4.79 Å². The zero-order valence-electron chi connectivity index (χ0n) is 19.8. The highest BCUT2D eigenvalue weighted by Gasteiger charge is 2.23. The van der Waals surface area contributed by atoms with Gasteiger partial charge in [0, 0.05) is 60.5 Å². The lowest BCUT2D eigenvalue weighted by atomic mass is 10.1. The van der Waals surface area contributed by atoms with E-state index in [-0.39, 0.29) is 5.91 Å². The number of aromatic nitrogens is 2. The molecular formula is C27H27N5O3. The number of carbonyl (C=O) groups excluding carboxylic acids is 1. The van der Waals surface area contributed by atoms with Crippen LogP contribution in [0.2, 0.25) is 0 Å². The van der Waals surface area contributed by atoms with Crippen molar-refractivity contribution < 1.29 is 14.3 Å². The minimum atomic E-state index is -0.309. The lowest BCUT2D eigenvalue weighted by molar-refractivity contribution is 0.102. The van der Waals surface area contributed by atoms with Crippen LogP contribution >= 0.6 is 0 Å². The van der Waals surface area contributed by atoms with Gasteiger partial charge >= 0.3 is 0 Å². The Labute approximate surface area is 204 Å². The van der Waals surface area contributed by atoms with Crippen molar-refractivity contribution in [3.05, 3.63) is 78.5 Å². The SMILES string of the molecule is COc1cccc(NC(=O)c2nnc(N3CCN(c4cccc(OC)c4)CC3)c3ccccc23)c1. The number of nitrogens with zero attached hydrogens (tertiary/aromatic N) is 4. The third-order valence-electron chi connectivity index (χ3n) is 6.21. The topological polar surface area (TPSA) is 79.8 Å². The summed E-state index contributed by atoms with van der Waals surface area (Å²) in [5, 5.41) is 13.4. The molecule has 1 amide bonds. The van der Waals surface area contributed by atoms with Gasteiger partial charge in [-0.25, -0.2) is 0 Å². The van der Waals surface area contributed by atoms with Gasteiger partial charge in [0.25, 0.3) is 5.91 Å². The van der Waals surface area contributed by atoms with Crippen molar-refractivity contribution in [1.82, 2.24) is 10.2 Å². The van der Waals surface area contributed by atoms with Crippen molar-refractivity contribution >= 4 is 33.9 Å². The lowest BCUT2D eigenvalue weighted by Gasteiger charge is -2.37. The summed E-state index contributed by atoms with van der Waals surface area (Å²) in [6.07, 6.45) is 0. The largest absolute Gasteiger partial charge is 0.497 e. The molecule has 5 rings (SSSR count). The molecule has 0 bridgehead atoms. The third kappa shape index (κ3) is 4.68. The van der Waals surface area contributed by atoms with Crippen LogP contribution in [0.15, 0.2) is 72.8 Å². The van der Waals surface area contributed by atoms with E-state index in [2.05, 4.69) is 37.4 Å². The number of methoxy groups -OCH3 is 2. The molecule has 1 saturated heterocycles. The first-order valence-electron chi connectivity index (χ1n) is 11.5. The molecule has 0 unspecified atom stereocenters. The number of ether oxygens (including phenoxy) is 2. The highest BCUT2D eigenvalue weighted by atomic mass is 16.5. The zero-order valence-corrected chi connectivity index (χ0v) is 19.8. The van der Waals surface area contributed by atoms with Crippen molar-refractivity contribution in [1.29, 1.82) is 0 Å². The molecule has 8 heteroatoms. The molecule has 8 nitrogen and oxygen atoms in total. The predicted octanol–water partition coefficient (Wildman–Crippen LogP) is 4.23. The first kappa shape index (κ1) is 22.5. The number of amides is 1. The van der Waals surface area contributed by atoms with E-state index >= 15 is 0 Å². The minimum Gasteiger partial charge on any atom is -0.497 e. The Morgan fingerprint density at radius 1 is 0.771 bits per heavy atom. The molecule has 1 N–H and O–H groups in total. The number of anilines is 3. The molecule has 3 aromatic carbocycles. The van der Waals surface area contributed by atoms with E-state index in [1.165, 1.54) is 0 Å². The summed E-state index contributed by atoms with van der Waals surface area (Å²) in [6, 6.07) is 23.1. The molecule has 0 aliphatic carbocycles. The van der Waals surface area contributed by atoms with Crippen LogP contribution in [0.25, 0.3) is 10.8 Å². The number of carbonyl (C=O) groups is 1. The zero-order chi connectivity index (χ0) is 24.2. The Bertz CT molecular complexity index is 1350. The maximum Gasteiger partial charge on any atom is 0.276 e. The van der Waals surface area contributed by atoms with Crippen LogP contribution in [0.5, 0.6) is 11.5 Å². The van der Waals surface area contributed by atoms with Crippen LogP contribution in [0.1, 0.15) is 10.5 Å². The summed E-state index contributed by atoms with van der Waals surface area (Å²) in [4.78, 5) is 17.7. The fourth-order valence-corrected chi connectivity index (χ4v) is 4.37. The molecule has 2 heterocycles. The van der Waals surface area contributed by atoms with E-state index in [1.807, 2.05) is 54.6 Å². The smallest absolute Gasteiger partial charge is 0.276 e. The fraction of sp³-hybridized carbons (Fsp3) is 0.222. The second kappa shape index (κ2) is 9.89. The summed E-state index contributed by atoms with van der Waals surface area (Å²) < 4.78 is 10.6. The van der Waals surface area contributed by atoms with Crippen molar-refractivity contribution in [2.45, 2.75) is 0 Å². The van der Waals surface area contributed by atoms with Gasteiger partial charge in [-0.05, 0) is 24.3 Å². The monoisotopic (exact) mass is 469 g/mol. The van der Waals surface area contributed by atoms with E-state index in [0.717, 1.165) is 54.2 Å². The van der Waals surface area contributed by atoms with Crippen LogP contribution in [-0.2, 0) is 0 Å². The summed E-state index contributed by atoms with van der Waals surface area (Å²) in [6.45, 7) is 3.29. The number of hydrogen-bond acceptors (Lipinski definition) is 7. The van der Waals surface area contributed by atoms with Crippen LogP contribution in [0.3, 0.4) is 0 Å². The number of rotatable bonds is 6. The molecule has 1 aromatic heterocycles. The van der Waals surface area contributed by atoms with Crippen LogP contribution in [0, 0.1) is 0 Å². The van der Waals surface area contributed by atoms with E-state index in [9.17, 15) is 4.79 Å². The average molecular weight is 470 g/mol. The standard InChI is InChI=1S/C27H27N5O3/c1-34-21-9-5-7-19(17-21)28-27(33)25-23-11-3-4-12-24(23)26(30-29-25)32-15-13-31(14-16-32)20-8-6-10-22(18-20)35-2/h3-12,17-18H,13-16H2,1-2H3,(H,28,33). The number of hydrogen-bond donors (Lipinski definition) is 1. The molecule has 1 aliphatic rings. The average Bonchev–Trinajstić information content (AvgIpc) is 2.92. The lowest BCUT2D eigenvalue weighted by Crippen LogP contribution is -2.47. The number of piperazine rings is 1. The second-order valence-electron chi connectivity index (χ2n) is 8.28. The molecule has 4 aromatic rings. The van der Waals surface area contributed by atoms with Gasteiger partial charge in [-0.15, -0.1) is 10.2 Å². The molecule has 0 radical (unpaired) electrons. The predicted molar refractivity (Wildman–Crippen MR) is 138 cm³/mol. The summed E-state index contributed by atoms with van der Waals surface area (Å²) in [5.41, 5.74) is 2.07. The quantitative estimate of drug-likeness (QED) is 0.453. The number of nitrogens with one attached hydrogen (secondary N) is 1. The van der Waals surface area contributed by atoms with Gasteiger partial charge in [0.15, 0.2) is 11.5 Å². The summed E-state index contributed by atoms with van der Waals surface area (Å²) in [5.74, 6) is 2.01. The number of benzene rings is 3. The molecular weight excluding hydrogens is 442 g/mol. The normalized spacial score (nSPS) is 13.5. The van der Waals surface area contributed by atoms with Gasteiger partial charge in [-0.2, -0.15) is 0 Å². The van der Waals surface area contributed by atoms with Gasteiger partial charge in [-0.1, -0.05) is 36.4 Å². The Morgan fingerprint density at radius 3 is 2.17 bits per heavy atom. The summed E-state index contributed by atoms with van der Waals surface area (Å²) in [7, 11) is 3.27. The second-order valence-corrected chi connectivity index (χ2v) is 8.28. The van der Waals surface area contributed by atoms with Crippen LogP contribution in [0.4, 0.5) is 17.2 Å². The highest BCUT2D eigenvalue weighted by molar-refractivity contribution is 6.12. The van der Waals surface area contributed by atoms with Crippen LogP contribution < -0.4 is 24.6 Å². The molecule has 0 atom stereocenters. The first-order valence-corrected chi connectivity index (χ1v) is 11.5. The van der Waals surface area contributed by atoms with Crippen molar-refractivity contribution in [3.63, 3.8) is 0 Å². The Morgan fingerprint density at radius 2 is 1.43 bits per heavy atom. The van der Waals surface area contributed by atoms with Crippen LogP contribution in [-0.4, -0.2) is 56.5 Å². The van der Waals surface area contributed by atoms with E-state index < -0.39 is 0 Å². The van der Waals surface area contributed by atoms with E-state index in [1.54, 1.807) is 20.3 Å². The maximum absolute atomic E-state index is 13.1. The van der Waals surface area contributed by atoms with Crippen molar-refractivity contribution in [3.8, 4) is 11.5 Å². The molecule has 178 valence electrons. The van der Waals surface area contributed by atoms with Gasteiger partial charge in [0.1, 0.15) is 11.5 Å². The van der Waals surface area contributed by atoms with Gasteiger partial charge in [0.2, 0.25) is 0 Å². The Balaban J connectivity index is 1.37. The first-order chi connectivity index (χ1) is 17.2. The molecule has 1 fully saturated rings. The van der Waals surface area contributed by atoms with E-state index in [0.29, 0.717) is 17.1 Å². The van der Waals surface area contributed by atoms with Crippen molar-refractivity contribution in [2.75, 3.05) is 55.5 Å². The highest BCUT2D eigenvalue weighted by Crippen LogP contribution is 2.29. The van der Waals surface area contributed by atoms with Gasteiger partial charge < -0.3 is 24.6 Å². The number of fused-ring (bicyclic) bond motifs is 1. The van der Waals surface area contributed by atoms with E-state index in [4.69, 9.17) is 9.47 Å². The maximum atomic E-state index is 13.1.